The van der Waals surface area contributed by atoms with Gasteiger partial charge in [0.1, 0.15) is 0 Å². The normalized spacial score (nSPS) is 23.1. The monoisotopic (exact) mass is 258 g/mol. The van der Waals surface area contributed by atoms with Gasteiger partial charge in [0.05, 0.1) is 18.1 Å². The molecule has 2 saturated heterocycles. The van der Waals surface area contributed by atoms with Crippen LogP contribution in [-0.4, -0.2) is 46.5 Å². The van der Waals surface area contributed by atoms with Gasteiger partial charge in [-0.2, -0.15) is 0 Å². The molecule has 0 aromatic heterocycles. The number of carbonyl (C=O) groups excluding carboxylic acids is 1. The zero-order chi connectivity index (χ0) is 11.7. The van der Waals surface area contributed by atoms with Crippen molar-refractivity contribution in [3.63, 3.8) is 0 Å². The molecule has 2 heterocycles. The lowest BCUT2D eigenvalue weighted by Crippen LogP contribution is -2.50. The van der Waals surface area contributed by atoms with Crippen molar-refractivity contribution >= 4 is 34.2 Å². The molecule has 16 heavy (non-hydrogen) atoms. The lowest BCUT2D eigenvalue weighted by atomic mass is 10.3. The van der Waals surface area contributed by atoms with Crippen LogP contribution in [0, 0.1) is 0 Å². The van der Waals surface area contributed by atoms with Crippen LogP contribution in [0.3, 0.4) is 0 Å². The molecule has 2 aliphatic heterocycles. The zero-order valence-electron chi connectivity index (χ0n) is 9.36. The summed E-state index contributed by atoms with van der Waals surface area (Å²) in [7, 11) is 0. The van der Waals surface area contributed by atoms with Crippen LogP contribution >= 0.6 is 24.0 Å². The van der Waals surface area contributed by atoms with Crippen LogP contribution in [0.4, 0.5) is 0 Å². The second kappa shape index (κ2) is 4.83. The van der Waals surface area contributed by atoms with E-state index in [1.165, 1.54) is 11.8 Å². The second-order valence-corrected chi connectivity index (χ2v) is 5.52. The number of amides is 1. The number of thiocarbonyl (C=S) groups is 1. The van der Waals surface area contributed by atoms with Gasteiger partial charge in [0.25, 0.3) is 5.91 Å². The molecule has 0 saturated carbocycles. The SMILES string of the molecule is CC(C)=C1SC(=S)N(N2CCOCC2)C1=O. The van der Waals surface area contributed by atoms with Crippen LogP contribution in [0.15, 0.2) is 10.5 Å². The predicted octanol–water partition coefficient (Wildman–Crippen LogP) is 1.39. The van der Waals surface area contributed by atoms with E-state index in [4.69, 9.17) is 17.0 Å². The highest BCUT2D eigenvalue weighted by Gasteiger charge is 2.37. The summed E-state index contributed by atoms with van der Waals surface area (Å²) >= 11 is 6.63. The molecule has 2 aliphatic rings. The third-order valence-electron chi connectivity index (χ3n) is 2.47. The Labute approximate surface area is 105 Å². The molecular formula is C10H14N2O2S2. The quantitative estimate of drug-likeness (QED) is 0.524. The summed E-state index contributed by atoms with van der Waals surface area (Å²) in [6, 6.07) is 0. The first-order valence-corrected chi connectivity index (χ1v) is 6.40. The molecule has 1 amide bonds. The molecule has 4 nitrogen and oxygen atoms in total. The van der Waals surface area contributed by atoms with Crippen molar-refractivity contribution in [3.05, 3.63) is 10.5 Å². The van der Waals surface area contributed by atoms with E-state index in [1.54, 1.807) is 5.01 Å². The summed E-state index contributed by atoms with van der Waals surface area (Å²) in [5.74, 6) is 0.0110. The lowest BCUT2D eigenvalue weighted by molar-refractivity contribution is -0.138. The number of allylic oxidation sites excluding steroid dienone is 1. The zero-order valence-corrected chi connectivity index (χ0v) is 11.0. The lowest BCUT2D eigenvalue weighted by Gasteiger charge is -2.33. The number of rotatable bonds is 1. The van der Waals surface area contributed by atoms with Crippen molar-refractivity contribution in [1.82, 2.24) is 10.0 Å². The van der Waals surface area contributed by atoms with Gasteiger partial charge in [-0.1, -0.05) is 29.6 Å². The Kier molecular flexibility index (Phi) is 3.63. The molecule has 0 spiro atoms. The highest BCUT2D eigenvalue weighted by molar-refractivity contribution is 8.26. The number of morpholine rings is 1. The Balaban J connectivity index is 2.19. The fraction of sp³-hybridized carbons (Fsp3) is 0.600. The Morgan fingerprint density at radius 3 is 2.50 bits per heavy atom. The van der Waals surface area contributed by atoms with Crippen LogP contribution in [-0.2, 0) is 9.53 Å². The predicted molar refractivity (Wildman–Crippen MR) is 67.8 cm³/mol. The third kappa shape index (κ3) is 2.15. The fourth-order valence-electron chi connectivity index (χ4n) is 1.67. The molecular weight excluding hydrogens is 244 g/mol. The summed E-state index contributed by atoms with van der Waals surface area (Å²) < 4.78 is 5.89. The van der Waals surface area contributed by atoms with Gasteiger partial charge in [0.15, 0.2) is 4.32 Å². The minimum atomic E-state index is 0.0110. The first-order chi connectivity index (χ1) is 7.61. The minimum Gasteiger partial charge on any atom is -0.379 e. The van der Waals surface area contributed by atoms with Crippen molar-refractivity contribution in [3.8, 4) is 0 Å². The molecule has 2 rings (SSSR count). The topological polar surface area (TPSA) is 32.8 Å². The number of hydrogen-bond acceptors (Lipinski definition) is 5. The van der Waals surface area contributed by atoms with E-state index < -0.39 is 0 Å². The van der Waals surface area contributed by atoms with Gasteiger partial charge in [-0.05, 0) is 13.8 Å². The van der Waals surface area contributed by atoms with Crippen molar-refractivity contribution < 1.29 is 9.53 Å². The van der Waals surface area contributed by atoms with E-state index >= 15 is 0 Å². The molecule has 0 aromatic carbocycles. The first-order valence-electron chi connectivity index (χ1n) is 5.17. The van der Waals surface area contributed by atoms with Crippen LogP contribution in [0.1, 0.15) is 13.8 Å². The van der Waals surface area contributed by atoms with Gasteiger partial charge in [0, 0.05) is 13.1 Å². The van der Waals surface area contributed by atoms with E-state index in [9.17, 15) is 4.79 Å². The standard InChI is InChI=1S/C10H14N2O2S2/c1-7(2)8-9(13)12(10(15)16-8)11-3-5-14-6-4-11/h3-6H2,1-2H3. The molecule has 0 aromatic rings. The second-order valence-electron chi connectivity index (χ2n) is 3.88. The summed E-state index contributed by atoms with van der Waals surface area (Å²) in [5.41, 5.74) is 1.02. The van der Waals surface area contributed by atoms with Gasteiger partial charge in [-0.3, -0.25) is 4.79 Å². The molecule has 0 unspecified atom stereocenters. The number of carbonyl (C=O) groups is 1. The number of nitrogens with zero attached hydrogens (tertiary/aromatic N) is 2. The average molecular weight is 258 g/mol. The molecule has 6 heteroatoms. The van der Waals surface area contributed by atoms with Crippen molar-refractivity contribution in [2.75, 3.05) is 26.3 Å². The smallest absolute Gasteiger partial charge is 0.280 e. The Hall–Kier alpha value is -0.430. The largest absolute Gasteiger partial charge is 0.379 e. The van der Waals surface area contributed by atoms with Gasteiger partial charge in [-0.15, -0.1) is 0 Å². The Morgan fingerprint density at radius 1 is 1.38 bits per heavy atom. The maximum Gasteiger partial charge on any atom is 0.280 e. The third-order valence-corrected chi connectivity index (χ3v) is 4.03. The molecule has 0 bridgehead atoms. The number of ether oxygens (including phenoxy) is 1. The van der Waals surface area contributed by atoms with Gasteiger partial charge < -0.3 is 4.74 Å². The molecule has 0 radical (unpaired) electrons. The van der Waals surface area contributed by atoms with Crippen molar-refractivity contribution in [2.24, 2.45) is 0 Å². The maximum absolute atomic E-state index is 12.1. The molecule has 2 fully saturated rings. The summed E-state index contributed by atoms with van der Waals surface area (Å²) in [4.78, 5) is 12.9. The highest BCUT2D eigenvalue weighted by Crippen LogP contribution is 2.34. The van der Waals surface area contributed by atoms with Crippen LogP contribution in [0.25, 0.3) is 0 Å². The number of hydrazine groups is 1. The summed E-state index contributed by atoms with van der Waals surface area (Å²) in [6.07, 6.45) is 0. The van der Waals surface area contributed by atoms with Gasteiger partial charge in [0.2, 0.25) is 0 Å². The van der Waals surface area contributed by atoms with Crippen molar-refractivity contribution in [1.29, 1.82) is 0 Å². The van der Waals surface area contributed by atoms with Gasteiger partial charge >= 0.3 is 0 Å². The first kappa shape index (κ1) is 12.0. The molecule has 0 atom stereocenters. The van der Waals surface area contributed by atoms with E-state index in [2.05, 4.69) is 0 Å². The highest BCUT2D eigenvalue weighted by atomic mass is 32.2. The maximum atomic E-state index is 12.1. The van der Waals surface area contributed by atoms with Crippen LogP contribution in [0.2, 0.25) is 0 Å². The number of thioether (sulfide) groups is 1. The Bertz CT molecular complexity index is 358. The van der Waals surface area contributed by atoms with E-state index in [-0.39, 0.29) is 5.91 Å². The fourth-order valence-corrected chi connectivity index (χ4v) is 2.95. The van der Waals surface area contributed by atoms with Crippen molar-refractivity contribution in [2.45, 2.75) is 13.8 Å². The minimum absolute atomic E-state index is 0.0110. The summed E-state index contributed by atoms with van der Waals surface area (Å²) in [6.45, 7) is 6.63. The van der Waals surface area contributed by atoms with E-state index in [1.807, 2.05) is 18.9 Å². The Morgan fingerprint density at radius 2 is 2.00 bits per heavy atom. The number of hydrogen-bond donors (Lipinski definition) is 0. The average Bonchev–Trinajstić information content (AvgIpc) is 2.56. The molecule has 0 N–H and O–H groups in total. The molecule has 0 aliphatic carbocycles. The summed E-state index contributed by atoms with van der Waals surface area (Å²) in [5, 5.41) is 3.59. The van der Waals surface area contributed by atoms with E-state index in [0.717, 1.165) is 23.6 Å². The van der Waals surface area contributed by atoms with Crippen LogP contribution in [0.5, 0.6) is 0 Å². The van der Waals surface area contributed by atoms with E-state index in [0.29, 0.717) is 17.5 Å². The van der Waals surface area contributed by atoms with Gasteiger partial charge in [-0.25, -0.2) is 10.0 Å². The van der Waals surface area contributed by atoms with Crippen LogP contribution < -0.4 is 0 Å². The molecule has 88 valence electrons.